The van der Waals surface area contributed by atoms with Crippen LogP contribution in [0, 0.1) is 0 Å². The van der Waals surface area contributed by atoms with Gasteiger partial charge in [-0.3, -0.25) is 14.7 Å². The van der Waals surface area contributed by atoms with Crippen LogP contribution in [-0.2, 0) is 13.0 Å². The second kappa shape index (κ2) is 12.2. The highest BCUT2D eigenvalue weighted by molar-refractivity contribution is 5.95. The zero-order valence-corrected chi connectivity index (χ0v) is 20.5. The van der Waals surface area contributed by atoms with E-state index in [4.69, 9.17) is 14.2 Å². The van der Waals surface area contributed by atoms with Gasteiger partial charge in [0.25, 0.3) is 5.91 Å². The van der Waals surface area contributed by atoms with Crippen molar-refractivity contribution in [1.82, 2.24) is 14.8 Å². The summed E-state index contributed by atoms with van der Waals surface area (Å²) in [7, 11) is 1.68. The normalized spacial score (nSPS) is 13.9. The second-order valence-corrected chi connectivity index (χ2v) is 8.47. The molecule has 0 atom stereocenters. The number of aromatic nitrogens is 1. The Morgan fingerprint density at radius 2 is 1.63 bits per heavy atom. The van der Waals surface area contributed by atoms with E-state index in [1.807, 2.05) is 48.2 Å². The van der Waals surface area contributed by atoms with Crippen molar-refractivity contribution >= 4 is 5.91 Å². The Hall–Kier alpha value is -3.58. The van der Waals surface area contributed by atoms with Crippen LogP contribution in [0.25, 0.3) is 0 Å². The molecule has 0 spiro atoms. The number of ether oxygens (including phenoxy) is 3. The summed E-state index contributed by atoms with van der Waals surface area (Å²) in [4.78, 5) is 21.5. The molecular weight excluding hydrogens is 442 g/mol. The molecule has 7 nitrogen and oxygen atoms in total. The van der Waals surface area contributed by atoms with E-state index in [0.29, 0.717) is 43.4 Å². The van der Waals surface area contributed by atoms with Crippen LogP contribution >= 0.6 is 0 Å². The molecule has 3 aromatic rings. The summed E-state index contributed by atoms with van der Waals surface area (Å²) >= 11 is 0. The van der Waals surface area contributed by atoms with E-state index in [1.54, 1.807) is 25.6 Å². The Balaban J connectivity index is 1.30. The van der Waals surface area contributed by atoms with Crippen LogP contribution < -0.4 is 14.2 Å². The fourth-order valence-electron chi connectivity index (χ4n) is 4.11. The van der Waals surface area contributed by atoms with Gasteiger partial charge in [-0.25, -0.2) is 0 Å². The van der Waals surface area contributed by atoms with Gasteiger partial charge >= 0.3 is 0 Å². The van der Waals surface area contributed by atoms with Crippen LogP contribution in [0.4, 0.5) is 0 Å². The molecule has 1 aromatic heterocycles. The van der Waals surface area contributed by atoms with Crippen molar-refractivity contribution in [1.29, 1.82) is 0 Å². The lowest BCUT2D eigenvalue weighted by molar-refractivity contribution is 0.0638. The van der Waals surface area contributed by atoms with Gasteiger partial charge in [0.1, 0.15) is 12.4 Å². The molecule has 0 bridgehead atoms. The molecule has 2 aromatic carbocycles. The molecule has 0 N–H and O–H groups in total. The van der Waals surface area contributed by atoms with Gasteiger partial charge in [0.05, 0.1) is 13.7 Å². The highest BCUT2D eigenvalue weighted by atomic mass is 16.5. The fourth-order valence-corrected chi connectivity index (χ4v) is 4.11. The standard InChI is InChI=1S/C28H33N3O4/c1-3-34-27-20-24(6-9-26(27)35-21-23-10-13-29-14-11-23)28(32)31-18-16-30(17-19-31)15-12-22-4-7-25(33-2)8-5-22/h4-11,13-14,20H,3,12,15-19,21H2,1-2H3. The van der Waals surface area contributed by atoms with E-state index < -0.39 is 0 Å². The van der Waals surface area contributed by atoms with Crippen molar-refractivity contribution in [2.24, 2.45) is 0 Å². The molecule has 0 aliphatic carbocycles. The summed E-state index contributed by atoms with van der Waals surface area (Å²) in [6, 6.07) is 17.5. The number of pyridine rings is 1. The second-order valence-electron chi connectivity index (χ2n) is 8.47. The summed E-state index contributed by atoms with van der Waals surface area (Å²) < 4.78 is 17.0. The molecule has 0 radical (unpaired) electrons. The fraction of sp³-hybridized carbons (Fsp3) is 0.357. The third kappa shape index (κ3) is 6.73. The summed E-state index contributed by atoms with van der Waals surface area (Å²) in [6.07, 6.45) is 4.46. The van der Waals surface area contributed by atoms with E-state index in [1.165, 1.54) is 5.56 Å². The lowest BCUT2D eigenvalue weighted by Gasteiger charge is -2.35. The molecule has 1 aliphatic heterocycles. The highest BCUT2D eigenvalue weighted by Crippen LogP contribution is 2.30. The molecule has 1 saturated heterocycles. The third-order valence-corrected chi connectivity index (χ3v) is 6.17. The minimum Gasteiger partial charge on any atom is -0.497 e. The molecule has 35 heavy (non-hydrogen) atoms. The first-order valence-corrected chi connectivity index (χ1v) is 12.1. The Kier molecular flexibility index (Phi) is 8.57. The topological polar surface area (TPSA) is 64.1 Å². The van der Waals surface area contributed by atoms with Crippen LogP contribution in [0.2, 0.25) is 0 Å². The summed E-state index contributed by atoms with van der Waals surface area (Å²) in [6.45, 7) is 6.97. The van der Waals surface area contributed by atoms with E-state index in [-0.39, 0.29) is 5.91 Å². The van der Waals surface area contributed by atoms with Crippen molar-refractivity contribution in [3.63, 3.8) is 0 Å². The first-order valence-electron chi connectivity index (χ1n) is 12.1. The van der Waals surface area contributed by atoms with Crippen molar-refractivity contribution in [2.45, 2.75) is 20.0 Å². The minimum absolute atomic E-state index is 0.0291. The number of benzene rings is 2. The third-order valence-electron chi connectivity index (χ3n) is 6.17. The molecule has 1 amide bonds. The van der Waals surface area contributed by atoms with Crippen LogP contribution in [-0.4, -0.2) is 67.1 Å². The van der Waals surface area contributed by atoms with E-state index in [0.717, 1.165) is 37.4 Å². The average molecular weight is 476 g/mol. The first-order chi connectivity index (χ1) is 17.2. The molecule has 2 heterocycles. The molecule has 184 valence electrons. The lowest BCUT2D eigenvalue weighted by Crippen LogP contribution is -2.49. The number of hydrogen-bond acceptors (Lipinski definition) is 6. The van der Waals surface area contributed by atoms with E-state index in [2.05, 4.69) is 22.0 Å². The molecule has 1 fully saturated rings. The zero-order valence-electron chi connectivity index (χ0n) is 20.5. The molecule has 1 aliphatic rings. The maximum atomic E-state index is 13.2. The van der Waals surface area contributed by atoms with Crippen molar-refractivity contribution in [3.8, 4) is 17.2 Å². The Labute approximate surface area is 207 Å². The number of piperazine rings is 1. The molecule has 7 heteroatoms. The van der Waals surface area contributed by atoms with Crippen molar-refractivity contribution < 1.29 is 19.0 Å². The minimum atomic E-state index is 0.0291. The van der Waals surface area contributed by atoms with Gasteiger partial charge < -0.3 is 19.1 Å². The van der Waals surface area contributed by atoms with Crippen LogP contribution in [0.1, 0.15) is 28.4 Å². The predicted octanol–water partition coefficient (Wildman–Crippen LogP) is 4.07. The number of carbonyl (C=O) groups is 1. The smallest absolute Gasteiger partial charge is 0.254 e. The molecule has 0 saturated carbocycles. The van der Waals surface area contributed by atoms with Crippen molar-refractivity contribution in [3.05, 3.63) is 83.7 Å². The van der Waals surface area contributed by atoms with Gasteiger partial charge in [0.2, 0.25) is 0 Å². The number of rotatable bonds is 10. The maximum Gasteiger partial charge on any atom is 0.254 e. The van der Waals surface area contributed by atoms with Gasteiger partial charge in [-0.2, -0.15) is 0 Å². The summed E-state index contributed by atoms with van der Waals surface area (Å²) in [5, 5.41) is 0. The van der Waals surface area contributed by atoms with Crippen LogP contribution in [0.5, 0.6) is 17.2 Å². The van der Waals surface area contributed by atoms with Gasteiger partial charge in [-0.05, 0) is 66.9 Å². The summed E-state index contributed by atoms with van der Waals surface area (Å²) in [5.74, 6) is 2.12. The number of methoxy groups -OCH3 is 1. The number of nitrogens with zero attached hydrogens (tertiary/aromatic N) is 3. The highest BCUT2D eigenvalue weighted by Gasteiger charge is 2.23. The zero-order chi connectivity index (χ0) is 24.5. The van der Waals surface area contributed by atoms with Gasteiger partial charge in [0.15, 0.2) is 11.5 Å². The number of carbonyl (C=O) groups excluding carboxylic acids is 1. The van der Waals surface area contributed by atoms with E-state index >= 15 is 0 Å². The maximum absolute atomic E-state index is 13.2. The van der Waals surface area contributed by atoms with Crippen LogP contribution in [0.15, 0.2) is 67.0 Å². The lowest BCUT2D eigenvalue weighted by atomic mass is 10.1. The Bertz CT molecular complexity index is 1080. The average Bonchev–Trinajstić information content (AvgIpc) is 2.92. The van der Waals surface area contributed by atoms with Gasteiger partial charge in [0, 0.05) is 50.7 Å². The Morgan fingerprint density at radius 1 is 0.886 bits per heavy atom. The SMILES string of the molecule is CCOc1cc(C(=O)N2CCN(CCc3ccc(OC)cc3)CC2)ccc1OCc1ccncc1. The monoisotopic (exact) mass is 475 g/mol. The predicted molar refractivity (Wildman–Crippen MR) is 135 cm³/mol. The number of amides is 1. The molecular formula is C28H33N3O4. The van der Waals surface area contributed by atoms with Gasteiger partial charge in [-0.1, -0.05) is 12.1 Å². The Morgan fingerprint density at radius 3 is 2.31 bits per heavy atom. The van der Waals surface area contributed by atoms with Crippen molar-refractivity contribution in [2.75, 3.05) is 46.4 Å². The first kappa shape index (κ1) is 24.5. The molecule has 4 rings (SSSR count). The van der Waals surface area contributed by atoms with Crippen LogP contribution in [0.3, 0.4) is 0 Å². The largest absolute Gasteiger partial charge is 0.497 e. The quantitative estimate of drug-likeness (QED) is 0.441. The van der Waals surface area contributed by atoms with E-state index in [9.17, 15) is 4.79 Å². The molecule has 0 unspecified atom stereocenters. The number of hydrogen-bond donors (Lipinski definition) is 0. The van der Waals surface area contributed by atoms with Gasteiger partial charge in [-0.15, -0.1) is 0 Å². The summed E-state index contributed by atoms with van der Waals surface area (Å²) in [5.41, 5.74) is 2.93.